The smallest absolute Gasteiger partial charge is 0.307 e. The number of amides is 1. The molecule has 0 aromatic heterocycles. The third kappa shape index (κ3) is 5.03. The van der Waals surface area contributed by atoms with E-state index in [1.54, 1.807) is 0 Å². The monoisotopic (exact) mass is 384 g/mol. The highest BCUT2D eigenvalue weighted by Gasteiger charge is 2.32. The zero-order valence-electron chi connectivity index (χ0n) is 15.1. The maximum Gasteiger partial charge on any atom is 0.307 e. The molecule has 1 saturated heterocycles. The SMILES string of the molecule is COC(=O)CCNC(=O)c1ccc(S(=O)(=O)N2CC(C)OC(C)C2)cc1. The number of hydrogen-bond acceptors (Lipinski definition) is 6. The Hall–Kier alpha value is -1.97. The van der Waals surface area contributed by atoms with Crippen LogP contribution in [0.5, 0.6) is 0 Å². The minimum absolute atomic E-state index is 0.0715. The number of rotatable bonds is 6. The lowest BCUT2D eigenvalue weighted by Gasteiger charge is -2.34. The van der Waals surface area contributed by atoms with Crippen molar-refractivity contribution in [2.45, 2.75) is 37.4 Å². The Morgan fingerprint density at radius 1 is 1.19 bits per heavy atom. The Kier molecular flexibility index (Phi) is 6.74. The second-order valence-electron chi connectivity index (χ2n) is 6.19. The third-order valence-electron chi connectivity index (χ3n) is 3.98. The predicted molar refractivity (Wildman–Crippen MR) is 94.2 cm³/mol. The molecule has 0 aliphatic carbocycles. The first-order valence-corrected chi connectivity index (χ1v) is 9.78. The van der Waals surface area contributed by atoms with E-state index in [9.17, 15) is 18.0 Å². The average Bonchev–Trinajstić information content (AvgIpc) is 2.60. The fourth-order valence-corrected chi connectivity index (χ4v) is 4.33. The summed E-state index contributed by atoms with van der Waals surface area (Å²) in [5.41, 5.74) is 0.317. The van der Waals surface area contributed by atoms with Crippen LogP contribution in [0.1, 0.15) is 30.6 Å². The largest absolute Gasteiger partial charge is 0.469 e. The Bertz CT molecular complexity index is 737. The molecule has 0 bridgehead atoms. The standard InChI is InChI=1S/C17H24N2O6S/c1-12-10-19(11-13(2)25-12)26(22,23)15-6-4-14(5-7-15)17(21)18-9-8-16(20)24-3/h4-7,12-13H,8-11H2,1-3H3,(H,18,21). The van der Waals surface area contributed by atoms with Crippen LogP contribution in [-0.2, 0) is 24.3 Å². The first-order chi connectivity index (χ1) is 12.2. The van der Waals surface area contributed by atoms with E-state index in [1.165, 1.54) is 35.7 Å². The van der Waals surface area contributed by atoms with Gasteiger partial charge >= 0.3 is 5.97 Å². The summed E-state index contributed by atoms with van der Waals surface area (Å²) in [4.78, 5) is 23.2. The van der Waals surface area contributed by atoms with Gasteiger partial charge in [0.05, 0.1) is 30.6 Å². The molecule has 1 aromatic carbocycles. The van der Waals surface area contributed by atoms with Crippen molar-refractivity contribution in [3.8, 4) is 0 Å². The van der Waals surface area contributed by atoms with Crippen LogP contribution < -0.4 is 5.32 Å². The summed E-state index contributed by atoms with van der Waals surface area (Å²) in [7, 11) is -2.36. The van der Waals surface area contributed by atoms with Gasteiger partial charge in [-0.2, -0.15) is 4.31 Å². The predicted octanol–water partition coefficient (Wildman–Crippen LogP) is 0.777. The number of carbonyl (C=O) groups is 2. The van der Waals surface area contributed by atoms with Crippen LogP contribution in [0, 0.1) is 0 Å². The van der Waals surface area contributed by atoms with Gasteiger partial charge in [0.2, 0.25) is 10.0 Å². The van der Waals surface area contributed by atoms with Gasteiger partial charge in [0, 0.05) is 25.2 Å². The summed E-state index contributed by atoms with van der Waals surface area (Å²) in [5.74, 6) is -0.799. The number of esters is 1. The van der Waals surface area contributed by atoms with E-state index in [0.29, 0.717) is 18.7 Å². The molecule has 1 amide bonds. The third-order valence-corrected chi connectivity index (χ3v) is 5.83. The number of benzene rings is 1. The van der Waals surface area contributed by atoms with Crippen molar-refractivity contribution in [3.63, 3.8) is 0 Å². The molecule has 0 spiro atoms. The summed E-state index contributed by atoms with van der Waals surface area (Å²) in [6, 6.07) is 5.73. The summed E-state index contributed by atoms with van der Waals surface area (Å²) in [5, 5.41) is 2.58. The summed E-state index contributed by atoms with van der Waals surface area (Å²) >= 11 is 0. The first-order valence-electron chi connectivity index (χ1n) is 8.34. The second kappa shape index (κ2) is 8.61. The van der Waals surface area contributed by atoms with Crippen molar-refractivity contribution >= 4 is 21.9 Å². The van der Waals surface area contributed by atoms with Gasteiger partial charge < -0.3 is 14.8 Å². The van der Waals surface area contributed by atoms with Crippen molar-refractivity contribution < 1.29 is 27.5 Å². The fourth-order valence-electron chi connectivity index (χ4n) is 2.74. The van der Waals surface area contributed by atoms with Gasteiger partial charge in [-0.05, 0) is 38.1 Å². The molecule has 26 heavy (non-hydrogen) atoms. The maximum atomic E-state index is 12.8. The number of carbonyl (C=O) groups excluding carboxylic acids is 2. The van der Waals surface area contributed by atoms with E-state index in [1.807, 2.05) is 13.8 Å². The maximum absolute atomic E-state index is 12.8. The van der Waals surface area contributed by atoms with Crippen LogP contribution in [-0.4, -0.2) is 63.6 Å². The van der Waals surface area contributed by atoms with Gasteiger partial charge in [0.15, 0.2) is 0 Å². The Morgan fingerprint density at radius 3 is 2.31 bits per heavy atom. The number of sulfonamides is 1. The van der Waals surface area contributed by atoms with Crippen molar-refractivity contribution in [1.82, 2.24) is 9.62 Å². The number of hydrogen-bond donors (Lipinski definition) is 1. The lowest BCUT2D eigenvalue weighted by molar-refractivity contribution is -0.140. The van der Waals surface area contributed by atoms with Crippen molar-refractivity contribution in [3.05, 3.63) is 29.8 Å². The molecule has 2 rings (SSSR count). The highest BCUT2D eigenvalue weighted by molar-refractivity contribution is 7.89. The number of morpholine rings is 1. The van der Waals surface area contributed by atoms with E-state index in [2.05, 4.69) is 10.1 Å². The summed E-state index contributed by atoms with van der Waals surface area (Å²) in [6.07, 6.45) is -0.274. The van der Waals surface area contributed by atoms with Crippen LogP contribution in [0.3, 0.4) is 0 Å². The average molecular weight is 384 g/mol. The van der Waals surface area contributed by atoms with E-state index in [-0.39, 0.29) is 36.0 Å². The molecule has 9 heteroatoms. The lowest BCUT2D eigenvalue weighted by atomic mass is 10.2. The summed E-state index contributed by atoms with van der Waals surface area (Å²) < 4.78 is 37.0. The molecule has 0 radical (unpaired) electrons. The van der Waals surface area contributed by atoms with E-state index in [4.69, 9.17) is 4.74 Å². The Morgan fingerprint density at radius 2 is 1.77 bits per heavy atom. The van der Waals surface area contributed by atoms with Gasteiger partial charge in [0.1, 0.15) is 0 Å². The van der Waals surface area contributed by atoms with Gasteiger partial charge in [-0.25, -0.2) is 8.42 Å². The molecule has 2 atom stereocenters. The lowest BCUT2D eigenvalue weighted by Crippen LogP contribution is -2.48. The van der Waals surface area contributed by atoms with Crippen LogP contribution >= 0.6 is 0 Å². The minimum atomic E-state index is -3.64. The van der Waals surface area contributed by atoms with Gasteiger partial charge in [-0.3, -0.25) is 9.59 Å². The molecule has 1 aliphatic heterocycles. The molecule has 0 saturated carbocycles. The van der Waals surface area contributed by atoms with E-state index < -0.39 is 16.0 Å². The second-order valence-corrected chi connectivity index (χ2v) is 8.12. The quantitative estimate of drug-likeness (QED) is 0.727. The Labute approximate surface area is 153 Å². The first kappa shape index (κ1) is 20.3. The van der Waals surface area contributed by atoms with Crippen LogP contribution in [0.4, 0.5) is 0 Å². The van der Waals surface area contributed by atoms with Crippen LogP contribution in [0.2, 0.25) is 0 Å². The molecule has 144 valence electrons. The van der Waals surface area contributed by atoms with Crippen LogP contribution in [0.25, 0.3) is 0 Å². The minimum Gasteiger partial charge on any atom is -0.469 e. The number of nitrogens with zero attached hydrogens (tertiary/aromatic N) is 1. The Balaban J connectivity index is 2.03. The zero-order valence-corrected chi connectivity index (χ0v) is 15.9. The van der Waals surface area contributed by atoms with Crippen molar-refractivity contribution in [1.29, 1.82) is 0 Å². The fraction of sp³-hybridized carbons (Fsp3) is 0.529. The molecule has 1 aromatic rings. The number of ether oxygens (including phenoxy) is 2. The topological polar surface area (TPSA) is 102 Å². The molecular weight excluding hydrogens is 360 g/mol. The van der Waals surface area contributed by atoms with Crippen molar-refractivity contribution in [2.75, 3.05) is 26.7 Å². The molecule has 1 N–H and O–H groups in total. The number of nitrogens with one attached hydrogen (secondary N) is 1. The molecular formula is C17H24N2O6S. The van der Waals surface area contributed by atoms with Gasteiger partial charge in [-0.15, -0.1) is 0 Å². The summed E-state index contributed by atoms with van der Waals surface area (Å²) in [6.45, 7) is 4.40. The van der Waals surface area contributed by atoms with E-state index >= 15 is 0 Å². The number of methoxy groups -OCH3 is 1. The molecule has 2 unspecified atom stereocenters. The molecule has 1 heterocycles. The van der Waals surface area contributed by atoms with Gasteiger partial charge in [0.25, 0.3) is 5.91 Å². The van der Waals surface area contributed by atoms with Crippen molar-refractivity contribution in [2.24, 2.45) is 0 Å². The van der Waals surface area contributed by atoms with E-state index in [0.717, 1.165) is 0 Å². The molecule has 8 nitrogen and oxygen atoms in total. The van der Waals surface area contributed by atoms with Gasteiger partial charge in [-0.1, -0.05) is 0 Å². The normalized spacial score (nSPS) is 21.2. The highest BCUT2D eigenvalue weighted by atomic mass is 32.2. The molecule has 1 aliphatic rings. The molecule has 1 fully saturated rings. The van der Waals surface area contributed by atoms with Crippen LogP contribution in [0.15, 0.2) is 29.2 Å². The highest BCUT2D eigenvalue weighted by Crippen LogP contribution is 2.21. The zero-order chi connectivity index (χ0) is 19.3.